The molecule has 0 bridgehead atoms. The van der Waals surface area contributed by atoms with Gasteiger partial charge in [0.2, 0.25) is 0 Å². The van der Waals surface area contributed by atoms with Crippen molar-refractivity contribution in [3.05, 3.63) is 0 Å². The third kappa shape index (κ3) is 63.2. The van der Waals surface area contributed by atoms with Crippen LogP contribution in [0.15, 0.2) is 0 Å². The minimum atomic E-state index is -0.437. The zero-order valence-corrected chi connectivity index (χ0v) is 51.2. The summed E-state index contributed by atoms with van der Waals surface area (Å²) in [6.07, 6.45) is 3.77. The van der Waals surface area contributed by atoms with Crippen molar-refractivity contribution in [2.24, 2.45) is 5.41 Å². The highest BCUT2D eigenvalue weighted by atomic mass is 32.2. The largest absolute Gasteiger partial charge is 0.381 e. The van der Waals surface area contributed by atoms with Crippen molar-refractivity contribution in [3.63, 3.8) is 0 Å². The highest BCUT2D eigenvalue weighted by Crippen LogP contribution is 2.22. The lowest BCUT2D eigenvalue weighted by Gasteiger charge is -2.33. The molecule has 0 atom stereocenters. The van der Waals surface area contributed by atoms with E-state index in [1.54, 1.807) is 0 Å². The molecule has 24 heteroatoms. The predicted octanol–water partition coefficient (Wildman–Crippen LogP) is 6.45. The van der Waals surface area contributed by atoms with Crippen molar-refractivity contribution in [2.75, 3.05) is 280 Å². The molecular weight excluding hydrogens is 1100 g/mol. The van der Waals surface area contributed by atoms with Crippen molar-refractivity contribution in [3.8, 4) is 0 Å². The normalized spacial score (nSPS) is 12.0. The first-order valence-corrected chi connectivity index (χ1v) is 33.4. The molecule has 0 spiro atoms. The van der Waals surface area contributed by atoms with E-state index in [1.807, 2.05) is 47.0 Å². The predicted molar refractivity (Wildman–Crippen MR) is 319 cm³/mol. The number of ether oxygens (including phenoxy) is 16. The molecule has 0 amide bonds. The first kappa shape index (κ1) is 75.2. The molecule has 0 saturated carbocycles. The Morgan fingerprint density at radius 2 is 0.370 bits per heavy atom. The summed E-state index contributed by atoms with van der Waals surface area (Å²) in [4.78, 5) is 0. The molecule has 73 heavy (non-hydrogen) atoms. The zero-order valence-electron chi connectivity index (χ0n) is 44.4. The third-order valence-electron chi connectivity index (χ3n) is 9.35. The molecule has 0 N–H and O–H groups in total. The number of thioether (sulfide) groups is 4. The quantitative estimate of drug-likeness (QED) is 0.0390. The van der Waals surface area contributed by atoms with Gasteiger partial charge in [-0.15, -0.1) is 0 Å². The maximum absolute atomic E-state index is 6.42. The lowest BCUT2D eigenvalue weighted by Crippen LogP contribution is -2.42. The minimum Gasteiger partial charge on any atom is -0.381 e. The second kappa shape index (κ2) is 68.4. The lowest BCUT2D eigenvalue weighted by atomic mass is 9.92. The minimum absolute atomic E-state index is 0.437. The van der Waals surface area contributed by atoms with E-state index in [0.29, 0.717) is 234 Å². The topological polar surface area (TPSA) is 148 Å². The summed E-state index contributed by atoms with van der Waals surface area (Å²) in [6.45, 7) is 19.2. The molecule has 0 aromatic heterocycles. The molecule has 0 aliphatic carbocycles. The number of hydrogen-bond acceptors (Lipinski definition) is 24. The van der Waals surface area contributed by atoms with Crippen LogP contribution in [0.5, 0.6) is 0 Å². The van der Waals surface area contributed by atoms with Crippen molar-refractivity contribution in [1.29, 1.82) is 0 Å². The van der Waals surface area contributed by atoms with E-state index >= 15 is 0 Å². The molecule has 0 radical (unpaired) electrons. The number of hydrogen-bond donors (Lipinski definition) is 4. The molecule has 16 nitrogen and oxygen atoms in total. The fourth-order valence-electron chi connectivity index (χ4n) is 5.76. The van der Waals surface area contributed by atoms with Crippen LogP contribution in [-0.2, 0) is 75.8 Å². The second-order valence-electron chi connectivity index (χ2n) is 15.8. The van der Waals surface area contributed by atoms with Gasteiger partial charge in [0.1, 0.15) is 0 Å². The Morgan fingerprint density at radius 3 is 0.562 bits per heavy atom. The average molecular weight is 1200 g/mol. The summed E-state index contributed by atoms with van der Waals surface area (Å²) in [7, 11) is 0. The fourth-order valence-corrected chi connectivity index (χ4v) is 9.33. The van der Waals surface area contributed by atoms with E-state index in [0.717, 1.165) is 71.7 Å². The van der Waals surface area contributed by atoms with Gasteiger partial charge in [-0.25, -0.2) is 0 Å². The maximum Gasteiger partial charge on any atom is 0.0701 e. The SMILES string of the molecule is SCCOCCOCCOCCSCCCOCC(COCCCSCCOCCOCCOCCS)(COCCCSCCOCCOCCOCCS)COCCCSCCOCCOCCOCCS. The summed E-state index contributed by atoms with van der Waals surface area (Å²) in [5, 5.41) is 0. The summed E-state index contributed by atoms with van der Waals surface area (Å²) in [6, 6.07) is 0. The Kier molecular flexibility index (Phi) is 70.5. The Bertz CT molecular complexity index is 856. The van der Waals surface area contributed by atoms with Crippen LogP contribution in [0.25, 0.3) is 0 Å². The van der Waals surface area contributed by atoms with Crippen LogP contribution in [0.1, 0.15) is 25.7 Å². The van der Waals surface area contributed by atoms with Crippen LogP contribution < -0.4 is 0 Å². The molecule has 0 aromatic rings. The molecule has 0 aliphatic heterocycles. The van der Waals surface area contributed by atoms with Crippen LogP contribution in [-0.4, -0.2) is 280 Å². The first-order chi connectivity index (χ1) is 36.2. The van der Waals surface area contributed by atoms with E-state index < -0.39 is 5.41 Å². The van der Waals surface area contributed by atoms with E-state index in [4.69, 9.17) is 75.8 Å². The van der Waals surface area contributed by atoms with Crippen molar-refractivity contribution < 1.29 is 75.8 Å². The standard InChI is InChI=1S/C49H100O16S8/c66-33-25-54-17-9-50-13-21-58-29-41-70-37-1-5-62-45-49(46-63-6-2-38-71-42-30-59-22-14-51-10-18-55-26-34-67,47-64-7-3-39-72-43-31-60-23-15-52-11-19-56-27-35-68)48-65-8-4-40-73-44-32-61-24-16-53-12-20-57-28-36-69/h66-69H,1-48H2. The molecule has 0 saturated heterocycles. The van der Waals surface area contributed by atoms with Crippen LogP contribution in [0.3, 0.4) is 0 Å². The van der Waals surface area contributed by atoms with E-state index in [2.05, 4.69) is 50.5 Å². The van der Waals surface area contributed by atoms with Gasteiger partial charge >= 0.3 is 0 Å². The molecule has 0 unspecified atom stereocenters. The van der Waals surface area contributed by atoms with Gasteiger partial charge < -0.3 is 75.8 Å². The van der Waals surface area contributed by atoms with Crippen LogP contribution in [0, 0.1) is 5.41 Å². The smallest absolute Gasteiger partial charge is 0.0701 e. The van der Waals surface area contributed by atoms with Gasteiger partial charge in [-0.05, 0) is 48.7 Å². The van der Waals surface area contributed by atoms with E-state index in [9.17, 15) is 0 Å². The van der Waals surface area contributed by atoms with Gasteiger partial charge in [0, 0.05) is 72.5 Å². The van der Waals surface area contributed by atoms with Gasteiger partial charge in [0.15, 0.2) is 0 Å². The van der Waals surface area contributed by atoms with Gasteiger partial charge in [-0.1, -0.05) is 0 Å². The van der Waals surface area contributed by atoms with Crippen molar-refractivity contribution >= 4 is 97.6 Å². The molecular formula is C49H100O16S8. The lowest BCUT2D eigenvalue weighted by molar-refractivity contribution is -0.106. The second-order valence-corrected chi connectivity index (χ2v) is 22.5. The monoisotopic (exact) mass is 1200 g/mol. The average Bonchev–Trinajstić information content (AvgIpc) is 3.40. The third-order valence-corrected chi connectivity index (χ3v) is 14.2. The highest BCUT2D eigenvalue weighted by molar-refractivity contribution is 7.99. The van der Waals surface area contributed by atoms with Gasteiger partial charge in [-0.3, -0.25) is 0 Å². The Balaban J connectivity index is 4.96. The van der Waals surface area contributed by atoms with Gasteiger partial charge in [0.25, 0.3) is 0 Å². The van der Waals surface area contributed by atoms with Crippen molar-refractivity contribution in [2.45, 2.75) is 25.7 Å². The molecule has 0 aliphatic rings. The van der Waals surface area contributed by atoms with E-state index in [1.165, 1.54) is 0 Å². The highest BCUT2D eigenvalue weighted by Gasteiger charge is 2.32. The summed E-state index contributed by atoms with van der Waals surface area (Å²) in [5.74, 6) is 10.6. The fraction of sp³-hybridized carbons (Fsp3) is 1.00. The Hall–Kier alpha value is 2.16. The van der Waals surface area contributed by atoms with Gasteiger partial charge in [-0.2, -0.15) is 97.6 Å². The molecule has 0 heterocycles. The summed E-state index contributed by atoms with van der Waals surface area (Å²) < 4.78 is 92.3. The first-order valence-electron chi connectivity index (χ1n) is 26.2. The molecule has 0 rings (SSSR count). The van der Waals surface area contributed by atoms with Crippen molar-refractivity contribution in [1.82, 2.24) is 0 Å². The number of rotatable bonds is 68. The Labute approximate surface area is 481 Å². The van der Waals surface area contributed by atoms with Crippen LogP contribution in [0.2, 0.25) is 0 Å². The molecule has 0 aromatic carbocycles. The van der Waals surface area contributed by atoms with Crippen LogP contribution in [0.4, 0.5) is 0 Å². The number of thiol groups is 4. The van der Waals surface area contributed by atoms with E-state index in [-0.39, 0.29) is 0 Å². The maximum atomic E-state index is 6.42. The van der Waals surface area contributed by atoms with Crippen LogP contribution >= 0.6 is 97.6 Å². The molecule has 0 fully saturated rings. The summed E-state index contributed by atoms with van der Waals surface area (Å²) in [5.41, 5.74) is -0.437. The zero-order chi connectivity index (χ0) is 52.6. The Morgan fingerprint density at radius 1 is 0.192 bits per heavy atom. The molecule has 440 valence electrons. The summed E-state index contributed by atoms with van der Waals surface area (Å²) >= 11 is 24.1. The van der Waals surface area contributed by atoms with Gasteiger partial charge in [0.05, 0.1) is 190 Å².